The van der Waals surface area contributed by atoms with Gasteiger partial charge in [0.1, 0.15) is 0 Å². The summed E-state index contributed by atoms with van der Waals surface area (Å²) >= 11 is 0. The smallest absolute Gasteiger partial charge is 0.0404 e. The van der Waals surface area contributed by atoms with Crippen LogP contribution in [0.25, 0.3) is 0 Å². The van der Waals surface area contributed by atoms with Crippen molar-refractivity contribution in [1.82, 2.24) is 5.32 Å². The van der Waals surface area contributed by atoms with Gasteiger partial charge in [0.05, 0.1) is 0 Å². The number of hydrogen-bond donors (Lipinski definition) is 1. The summed E-state index contributed by atoms with van der Waals surface area (Å²) < 4.78 is 0. The Morgan fingerprint density at radius 2 is 1.90 bits per heavy atom. The lowest BCUT2D eigenvalue weighted by Gasteiger charge is -2.47. The Hall–Kier alpha value is -1.02. The molecule has 0 aromatic heterocycles. The molecular formula is C18H28N2. The summed E-state index contributed by atoms with van der Waals surface area (Å²) in [6.45, 7) is 9.25. The van der Waals surface area contributed by atoms with Crippen LogP contribution >= 0.6 is 0 Å². The van der Waals surface area contributed by atoms with E-state index in [9.17, 15) is 0 Å². The maximum atomic E-state index is 3.85. The quantitative estimate of drug-likeness (QED) is 0.878. The molecule has 1 saturated heterocycles. The first-order valence-corrected chi connectivity index (χ1v) is 8.22. The van der Waals surface area contributed by atoms with Crippen molar-refractivity contribution in [3.63, 3.8) is 0 Å². The molecule has 1 N–H and O–H groups in total. The molecule has 0 amide bonds. The van der Waals surface area contributed by atoms with E-state index >= 15 is 0 Å². The van der Waals surface area contributed by atoms with Gasteiger partial charge in [-0.3, -0.25) is 0 Å². The zero-order valence-corrected chi connectivity index (χ0v) is 13.2. The van der Waals surface area contributed by atoms with Gasteiger partial charge in [0, 0.05) is 30.4 Å². The van der Waals surface area contributed by atoms with Crippen LogP contribution in [0.4, 0.5) is 5.69 Å². The monoisotopic (exact) mass is 272 g/mol. The van der Waals surface area contributed by atoms with E-state index in [1.54, 1.807) is 0 Å². The van der Waals surface area contributed by atoms with Gasteiger partial charge in [0.15, 0.2) is 0 Å². The van der Waals surface area contributed by atoms with E-state index in [-0.39, 0.29) is 0 Å². The molecule has 2 aliphatic rings. The highest BCUT2D eigenvalue weighted by Gasteiger charge is 2.40. The molecule has 1 spiro atoms. The molecule has 2 heteroatoms. The van der Waals surface area contributed by atoms with Gasteiger partial charge in [0.25, 0.3) is 0 Å². The lowest BCUT2D eigenvalue weighted by atomic mass is 9.90. The standard InChI is InChI=1S/C18H28N2/c1-14(2)16-8-4-5-9-17(16)20-13-18(10-6-7-11-18)19-12-15(20)3/h4-5,8-9,14-15,19H,6-7,10-13H2,1-3H3. The second-order valence-corrected chi connectivity index (χ2v) is 7.06. The SMILES string of the molecule is CC(C)c1ccccc1N1CC2(CCCC2)NCC1C. The van der Waals surface area contributed by atoms with Gasteiger partial charge < -0.3 is 10.2 Å². The van der Waals surface area contributed by atoms with E-state index in [2.05, 4.69) is 55.3 Å². The molecule has 1 aromatic rings. The molecule has 1 aliphatic carbocycles. The molecular weight excluding hydrogens is 244 g/mol. The molecule has 1 heterocycles. The number of para-hydroxylation sites is 1. The maximum absolute atomic E-state index is 3.85. The van der Waals surface area contributed by atoms with Crippen LogP contribution in [-0.2, 0) is 0 Å². The van der Waals surface area contributed by atoms with Crippen molar-refractivity contribution < 1.29 is 0 Å². The molecule has 3 rings (SSSR count). The molecule has 110 valence electrons. The van der Waals surface area contributed by atoms with E-state index < -0.39 is 0 Å². The molecule has 0 bridgehead atoms. The van der Waals surface area contributed by atoms with Crippen molar-refractivity contribution in [2.24, 2.45) is 0 Å². The molecule has 1 aromatic carbocycles. The van der Waals surface area contributed by atoms with E-state index in [0.717, 1.165) is 6.54 Å². The Morgan fingerprint density at radius 3 is 2.60 bits per heavy atom. The van der Waals surface area contributed by atoms with Crippen LogP contribution in [-0.4, -0.2) is 24.7 Å². The van der Waals surface area contributed by atoms with Crippen LogP contribution < -0.4 is 10.2 Å². The zero-order valence-electron chi connectivity index (χ0n) is 13.2. The van der Waals surface area contributed by atoms with Gasteiger partial charge in [-0.15, -0.1) is 0 Å². The number of benzene rings is 1. The van der Waals surface area contributed by atoms with Gasteiger partial charge in [0.2, 0.25) is 0 Å². The second-order valence-electron chi connectivity index (χ2n) is 7.06. The molecule has 1 aliphatic heterocycles. The van der Waals surface area contributed by atoms with Crippen molar-refractivity contribution in [3.8, 4) is 0 Å². The summed E-state index contributed by atoms with van der Waals surface area (Å²) in [4.78, 5) is 2.66. The molecule has 0 radical (unpaired) electrons. The molecule has 1 saturated carbocycles. The number of piperazine rings is 1. The molecule has 20 heavy (non-hydrogen) atoms. The largest absolute Gasteiger partial charge is 0.365 e. The molecule has 2 fully saturated rings. The zero-order chi connectivity index (χ0) is 14.2. The van der Waals surface area contributed by atoms with E-state index in [0.29, 0.717) is 17.5 Å². The van der Waals surface area contributed by atoms with Gasteiger partial charge in [-0.2, -0.15) is 0 Å². The lowest BCUT2D eigenvalue weighted by Crippen LogP contribution is -2.62. The number of nitrogens with zero attached hydrogens (tertiary/aromatic N) is 1. The van der Waals surface area contributed by atoms with Gasteiger partial charge in [-0.1, -0.05) is 44.9 Å². The van der Waals surface area contributed by atoms with Crippen LogP contribution in [0.5, 0.6) is 0 Å². The van der Waals surface area contributed by atoms with Gasteiger partial charge in [-0.25, -0.2) is 0 Å². The summed E-state index contributed by atoms with van der Waals surface area (Å²) in [5, 5.41) is 3.85. The summed E-state index contributed by atoms with van der Waals surface area (Å²) in [6, 6.07) is 9.57. The van der Waals surface area contributed by atoms with Gasteiger partial charge in [-0.05, 0) is 37.3 Å². The minimum Gasteiger partial charge on any atom is -0.365 e. The summed E-state index contributed by atoms with van der Waals surface area (Å²) in [7, 11) is 0. The Labute approximate surface area is 123 Å². The lowest BCUT2D eigenvalue weighted by molar-refractivity contribution is 0.276. The number of nitrogens with one attached hydrogen (secondary N) is 1. The summed E-state index contributed by atoms with van der Waals surface area (Å²) in [5.41, 5.74) is 3.34. The van der Waals surface area contributed by atoms with Crippen molar-refractivity contribution in [2.75, 3.05) is 18.0 Å². The molecule has 1 atom stereocenters. The Kier molecular flexibility index (Phi) is 3.76. The maximum Gasteiger partial charge on any atom is 0.0404 e. The fourth-order valence-electron chi connectivity index (χ4n) is 3.96. The third-order valence-electron chi connectivity index (χ3n) is 5.21. The van der Waals surface area contributed by atoms with Crippen LogP contribution in [0.15, 0.2) is 24.3 Å². The van der Waals surface area contributed by atoms with E-state index in [1.807, 2.05) is 0 Å². The average Bonchev–Trinajstić information content (AvgIpc) is 2.90. The van der Waals surface area contributed by atoms with Crippen molar-refractivity contribution in [1.29, 1.82) is 0 Å². The topological polar surface area (TPSA) is 15.3 Å². The fourth-order valence-corrected chi connectivity index (χ4v) is 3.96. The average molecular weight is 272 g/mol. The number of hydrogen-bond acceptors (Lipinski definition) is 2. The van der Waals surface area contributed by atoms with E-state index in [4.69, 9.17) is 0 Å². The van der Waals surface area contributed by atoms with Crippen LogP contribution in [0.3, 0.4) is 0 Å². The van der Waals surface area contributed by atoms with Crippen LogP contribution in [0.2, 0.25) is 0 Å². The normalized spacial score (nSPS) is 25.6. The van der Waals surface area contributed by atoms with Gasteiger partial charge >= 0.3 is 0 Å². The summed E-state index contributed by atoms with van der Waals surface area (Å²) in [5.74, 6) is 0.591. The summed E-state index contributed by atoms with van der Waals surface area (Å²) in [6.07, 6.45) is 5.47. The minimum atomic E-state index is 0.386. The minimum absolute atomic E-state index is 0.386. The predicted octanol–water partition coefficient (Wildman–Crippen LogP) is 3.92. The highest BCUT2D eigenvalue weighted by atomic mass is 15.3. The third-order valence-corrected chi connectivity index (χ3v) is 5.21. The second kappa shape index (κ2) is 5.40. The highest BCUT2D eigenvalue weighted by Crippen LogP contribution is 2.37. The first-order chi connectivity index (χ1) is 9.61. The third kappa shape index (κ3) is 2.46. The number of anilines is 1. The van der Waals surface area contributed by atoms with Crippen molar-refractivity contribution >= 4 is 5.69 Å². The van der Waals surface area contributed by atoms with Crippen LogP contribution in [0.1, 0.15) is 57.9 Å². The Bertz CT molecular complexity index is 460. The highest BCUT2D eigenvalue weighted by molar-refractivity contribution is 5.56. The van der Waals surface area contributed by atoms with Crippen molar-refractivity contribution in [2.45, 2.75) is 64.0 Å². The fraction of sp³-hybridized carbons (Fsp3) is 0.667. The Balaban J connectivity index is 1.91. The molecule has 2 nitrogen and oxygen atoms in total. The van der Waals surface area contributed by atoms with Crippen LogP contribution in [0, 0.1) is 0 Å². The van der Waals surface area contributed by atoms with Crippen molar-refractivity contribution in [3.05, 3.63) is 29.8 Å². The Morgan fingerprint density at radius 1 is 1.20 bits per heavy atom. The first kappa shape index (κ1) is 13.9. The predicted molar refractivity (Wildman–Crippen MR) is 86.5 cm³/mol. The number of rotatable bonds is 2. The first-order valence-electron chi connectivity index (χ1n) is 8.22. The molecule has 1 unspecified atom stereocenters. The van der Waals surface area contributed by atoms with E-state index in [1.165, 1.54) is 43.5 Å².